The van der Waals surface area contributed by atoms with Gasteiger partial charge in [0.05, 0.1) is 22.1 Å². The monoisotopic (exact) mass is 848 g/mol. The highest BCUT2D eigenvalue weighted by atomic mass is 32.1. The Kier molecular flexibility index (Phi) is 7.76. The highest BCUT2D eigenvalue weighted by Crippen LogP contribution is 2.43. The largest absolute Gasteiger partial charge is 0.309 e. The van der Waals surface area contributed by atoms with Gasteiger partial charge < -0.3 is 9.13 Å². The Balaban J connectivity index is 0.972. The van der Waals surface area contributed by atoms with Crippen molar-refractivity contribution in [2.75, 3.05) is 0 Å². The molecule has 4 aromatic heterocycles. The summed E-state index contributed by atoms with van der Waals surface area (Å²) in [6, 6.07) is 81.1. The SMILES string of the molecule is c1ccc(-c2ccc3c(c2)c2cc(-c4ccc5c(c4)c4cc(-c6ccc7sc8ccccc8c7c6)ccc4n5-c4ccccc4)ccc2n3-c2ccc3sc4ccccc4c3c2)cc1. The number of hydrogen-bond donors (Lipinski definition) is 0. The summed E-state index contributed by atoms with van der Waals surface area (Å²) in [5.74, 6) is 0. The van der Waals surface area contributed by atoms with Gasteiger partial charge >= 0.3 is 0 Å². The molecule has 0 bridgehead atoms. The fourth-order valence-corrected chi connectivity index (χ4v) is 12.5. The molecule has 0 spiro atoms. The van der Waals surface area contributed by atoms with E-state index in [1.165, 1.54) is 123 Å². The first kappa shape index (κ1) is 35.8. The van der Waals surface area contributed by atoms with Gasteiger partial charge in [-0.15, -0.1) is 22.7 Å². The lowest BCUT2D eigenvalue weighted by atomic mass is 9.98. The van der Waals surface area contributed by atoms with Gasteiger partial charge in [-0.3, -0.25) is 0 Å². The molecule has 0 aliphatic heterocycles. The first-order valence-electron chi connectivity index (χ1n) is 21.8. The molecule has 0 saturated carbocycles. The summed E-state index contributed by atoms with van der Waals surface area (Å²) in [7, 11) is 0. The number of rotatable bonds is 5. The molecular formula is C60H36N2S2. The van der Waals surface area contributed by atoms with Crippen LogP contribution in [0.4, 0.5) is 0 Å². The van der Waals surface area contributed by atoms with Crippen molar-refractivity contribution in [1.29, 1.82) is 0 Å². The molecular weight excluding hydrogens is 813 g/mol. The highest BCUT2D eigenvalue weighted by molar-refractivity contribution is 7.26. The van der Waals surface area contributed by atoms with E-state index in [4.69, 9.17) is 0 Å². The van der Waals surface area contributed by atoms with Crippen LogP contribution in [0.15, 0.2) is 218 Å². The molecule has 0 amide bonds. The van der Waals surface area contributed by atoms with Crippen molar-refractivity contribution in [2.45, 2.75) is 0 Å². The number of thiophene rings is 2. The topological polar surface area (TPSA) is 9.86 Å². The normalized spacial score (nSPS) is 12.1. The van der Waals surface area contributed by atoms with Gasteiger partial charge in [-0.05, 0) is 137 Å². The second kappa shape index (κ2) is 13.9. The van der Waals surface area contributed by atoms with E-state index < -0.39 is 0 Å². The molecule has 2 nitrogen and oxygen atoms in total. The third-order valence-corrected chi connectivity index (χ3v) is 15.6. The zero-order valence-electron chi connectivity index (χ0n) is 34.5. The van der Waals surface area contributed by atoms with Crippen LogP contribution in [0, 0.1) is 0 Å². The molecule has 14 rings (SSSR count). The fraction of sp³-hybridized carbons (Fsp3) is 0. The molecule has 0 radical (unpaired) electrons. The van der Waals surface area contributed by atoms with E-state index in [1.807, 2.05) is 22.7 Å². The summed E-state index contributed by atoms with van der Waals surface area (Å²) in [6.45, 7) is 0. The second-order valence-electron chi connectivity index (χ2n) is 16.9. The number of hydrogen-bond acceptors (Lipinski definition) is 2. The molecule has 4 heteroatoms. The van der Waals surface area contributed by atoms with Crippen LogP contribution in [0.5, 0.6) is 0 Å². The van der Waals surface area contributed by atoms with E-state index in [0.717, 1.165) is 5.69 Å². The third kappa shape index (κ3) is 5.43. The molecule has 0 unspecified atom stereocenters. The van der Waals surface area contributed by atoms with Crippen molar-refractivity contribution < 1.29 is 0 Å². The molecule has 4 heterocycles. The van der Waals surface area contributed by atoms with E-state index in [0.29, 0.717) is 0 Å². The summed E-state index contributed by atoms with van der Waals surface area (Å²) in [5.41, 5.74) is 14.4. The van der Waals surface area contributed by atoms with E-state index in [1.54, 1.807) is 0 Å². The number of para-hydroxylation sites is 1. The van der Waals surface area contributed by atoms with Crippen LogP contribution >= 0.6 is 22.7 Å². The summed E-state index contributed by atoms with van der Waals surface area (Å²) in [6.07, 6.45) is 0. The Morgan fingerprint density at radius 1 is 0.219 bits per heavy atom. The van der Waals surface area contributed by atoms with Crippen molar-refractivity contribution in [2.24, 2.45) is 0 Å². The first-order chi connectivity index (χ1) is 31.7. The number of aromatic nitrogens is 2. The van der Waals surface area contributed by atoms with Crippen molar-refractivity contribution >= 4 is 107 Å². The van der Waals surface area contributed by atoms with Gasteiger partial charge in [-0.1, -0.05) is 115 Å². The van der Waals surface area contributed by atoms with Crippen LogP contribution in [-0.2, 0) is 0 Å². The smallest absolute Gasteiger partial charge is 0.0541 e. The van der Waals surface area contributed by atoms with Crippen LogP contribution in [0.3, 0.4) is 0 Å². The van der Waals surface area contributed by atoms with Crippen LogP contribution in [0.1, 0.15) is 0 Å². The maximum Gasteiger partial charge on any atom is 0.0541 e. The minimum Gasteiger partial charge on any atom is -0.309 e. The number of nitrogens with zero attached hydrogens (tertiary/aromatic N) is 2. The summed E-state index contributed by atoms with van der Waals surface area (Å²) >= 11 is 3.73. The van der Waals surface area contributed by atoms with Crippen molar-refractivity contribution in [3.63, 3.8) is 0 Å². The molecule has 298 valence electrons. The van der Waals surface area contributed by atoms with E-state index >= 15 is 0 Å². The van der Waals surface area contributed by atoms with Crippen LogP contribution < -0.4 is 0 Å². The molecule has 0 atom stereocenters. The van der Waals surface area contributed by atoms with Crippen molar-refractivity contribution in [3.8, 4) is 44.8 Å². The lowest BCUT2D eigenvalue weighted by Gasteiger charge is -2.10. The van der Waals surface area contributed by atoms with Crippen LogP contribution in [-0.4, -0.2) is 9.13 Å². The standard InChI is InChI=1S/C60H36N2S2/c1-3-11-37(12-4-1)38-19-25-55-47(31-38)50-33-40(22-28-56(50)62(55)44-24-30-60-52(36-44)46-16-8-10-18-58(46)64-60)39-20-26-53-48(32-39)49-34-41(21-27-54(49)61(53)43-13-5-2-6-14-43)42-23-29-59-51(35-42)45-15-7-9-17-57(45)63-59/h1-36H. The molecule has 0 aliphatic rings. The van der Waals surface area contributed by atoms with Gasteiger partial charge in [0, 0.05) is 73.3 Å². The fourth-order valence-electron chi connectivity index (χ4n) is 10.3. The molecule has 64 heavy (non-hydrogen) atoms. The molecule has 0 fully saturated rings. The first-order valence-corrected chi connectivity index (χ1v) is 23.4. The summed E-state index contributed by atoms with van der Waals surface area (Å²) in [4.78, 5) is 0. The van der Waals surface area contributed by atoms with E-state index in [-0.39, 0.29) is 0 Å². The second-order valence-corrected chi connectivity index (χ2v) is 19.1. The average Bonchev–Trinajstić information content (AvgIpc) is 4.11. The Bertz CT molecular complexity index is 4180. The predicted molar refractivity (Wildman–Crippen MR) is 277 cm³/mol. The molecule has 0 aliphatic carbocycles. The van der Waals surface area contributed by atoms with Gasteiger partial charge in [0.1, 0.15) is 0 Å². The van der Waals surface area contributed by atoms with Gasteiger partial charge in [-0.2, -0.15) is 0 Å². The summed E-state index contributed by atoms with van der Waals surface area (Å²) in [5, 5.41) is 10.2. The zero-order chi connectivity index (χ0) is 41.9. The van der Waals surface area contributed by atoms with E-state index in [9.17, 15) is 0 Å². The maximum atomic E-state index is 2.46. The molecule has 0 saturated heterocycles. The maximum absolute atomic E-state index is 2.46. The highest BCUT2D eigenvalue weighted by Gasteiger charge is 2.19. The number of benzene rings is 10. The molecule has 0 N–H and O–H groups in total. The Labute approximate surface area is 376 Å². The minimum absolute atomic E-state index is 1.16. The van der Waals surface area contributed by atoms with Gasteiger partial charge in [-0.25, -0.2) is 0 Å². The average molecular weight is 849 g/mol. The summed E-state index contributed by atoms with van der Waals surface area (Å²) < 4.78 is 10.2. The minimum atomic E-state index is 1.16. The van der Waals surface area contributed by atoms with Gasteiger partial charge in [0.2, 0.25) is 0 Å². The quantitative estimate of drug-likeness (QED) is 0.163. The Morgan fingerprint density at radius 2 is 0.578 bits per heavy atom. The van der Waals surface area contributed by atoms with Gasteiger partial charge in [0.25, 0.3) is 0 Å². The zero-order valence-corrected chi connectivity index (χ0v) is 36.1. The van der Waals surface area contributed by atoms with Crippen molar-refractivity contribution in [1.82, 2.24) is 9.13 Å². The molecule has 10 aromatic carbocycles. The van der Waals surface area contributed by atoms with Gasteiger partial charge in [0.15, 0.2) is 0 Å². The van der Waals surface area contributed by atoms with E-state index in [2.05, 4.69) is 228 Å². The lowest BCUT2D eigenvalue weighted by molar-refractivity contribution is 1.18. The Morgan fingerprint density at radius 3 is 1.09 bits per heavy atom. The lowest BCUT2D eigenvalue weighted by Crippen LogP contribution is -1.93. The molecule has 14 aromatic rings. The Hall–Kier alpha value is -7.76. The number of fused-ring (bicyclic) bond motifs is 12. The predicted octanol–water partition coefficient (Wildman–Crippen LogP) is 17.6. The van der Waals surface area contributed by atoms with Crippen molar-refractivity contribution in [3.05, 3.63) is 218 Å². The van der Waals surface area contributed by atoms with Crippen LogP contribution in [0.2, 0.25) is 0 Å². The van der Waals surface area contributed by atoms with Crippen LogP contribution in [0.25, 0.3) is 129 Å². The third-order valence-electron chi connectivity index (χ3n) is 13.3.